The lowest BCUT2D eigenvalue weighted by atomic mass is 10.00. The van der Waals surface area contributed by atoms with Crippen molar-refractivity contribution in [2.75, 3.05) is 23.8 Å². The minimum Gasteiger partial charge on any atom is -0.373 e. The summed E-state index contributed by atoms with van der Waals surface area (Å²) in [6.07, 6.45) is 6.86. The molecule has 0 amide bonds. The van der Waals surface area contributed by atoms with Crippen LogP contribution in [0.2, 0.25) is 0 Å². The largest absolute Gasteiger partial charge is 0.373 e. The number of nitrogens with zero attached hydrogens (tertiary/aromatic N) is 2. The number of fused-ring (bicyclic) bond motifs is 1. The summed E-state index contributed by atoms with van der Waals surface area (Å²) in [5, 5.41) is 3.03. The number of anilines is 2. The summed E-state index contributed by atoms with van der Waals surface area (Å²) in [4.78, 5) is 21.0. The van der Waals surface area contributed by atoms with Crippen LogP contribution in [0.25, 0.3) is 12.2 Å². The average molecular weight is 322 g/mol. The molecule has 0 spiro atoms. The van der Waals surface area contributed by atoms with Crippen molar-refractivity contribution in [1.82, 2.24) is 9.97 Å². The first-order valence-corrected chi connectivity index (χ1v) is 8.10. The minimum absolute atomic E-state index is 0.312. The smallest absolute Gasteiger partial charge is 0.347 e. The summed E-state index contributed by atoms with van der Waals surface area (Å²) in [6.45, 7) is 7.46. The monoisotopic (exact) mass is 322 g/mol. The molecular formula is C19H22N4O. The molecular weight excluding hydrogens is 300 g/mol. The number of benzene rings is 1. The zero-order valence-corrected chi connectivity index (χ0v) is 14.1. The Kier molecular flexibility index (Phi) is 4.51. The fourth-order valence-corrected chi connectivity index (χ4v) is 3.25. The lowest BCUT2D eigenvalue weighted by molar-refractivity contribution is 0.699. The summed E-state index contributed by atoms with van der Waals surface area (Å²) in [5.74, 6) is 0.682. The molecule has 1 aromatic heterocycles. The van der Waals surface area contributed by atoms with Crippen LogP contribution in [0.1, 0.15) is 29.3 Å². The van der Waals surface area contributed by atoms with Gasteiger partial charge in [0.25, 0.3) is 0 Å². The highest BCUT2D eigenvalue weighted by atomic mass is 16.1. The lowest BCUT2D eigenvalue weighted by Gasteiger charge is -2.32. The summed E-state index contributed by atoms with van der Waals surface area (Å²) in [5.41, 5.74) is 5.13. The van der Waals surface area contributed by atoms with Gasteiger partial charge in [-0.05, 0) is 25.0 Å². The van der Waals surface area contributed by atoms with Crippen molar-refractivity contribution < 1.29 is 0 Å². The van der Waals surface area contributed by atoms with Crippen molar-refractivity contribution >= 4 is 23.7 Å². The molecule has 0 fully saturated rings. The molecule has 1 aromatic carbocycles. The van der Waals surface area contributed by atoms with Gasteiger partial charge in [-0.15, -0.1) is 0 Å². The highest BCUT2D eigenvalue weighted by Crippen LogP contribution is 2.31. The summed E-state index contributed by atoms with van der Waals surface area (Å²) in [7, 11) is 1.80. The first-order valence-electron chi connectivity index (χ1n) is 8.10. The van der Waals surface area contributed by atoms with E-state index in [9.17, 15) is 4.79 Å². The van der Waals surface area contributed by atoms with Gasteiger partial charge in [-0.1, -0.05) is 36.9 Å². The molecule has 0 radical (unpaired) electrons. The molecule has 0 saturated carbocycles. The van der Waals surface area contributed by atoms with Gasteiger partial charge in [0, 0.05) is 36.1 Å². The van der Waals surface area contributed by atoms with Crippen LogP contribution in [0, 0.1) is 0 Å². The molecule has 5 heteroatoms. The van der Waals surface area contributed by atoms with Gasteiger partial charge < -0.3 is 15.2 Å². The second-order valence-electron chi connectivity index (χ2n) is 5.75. The van der Waals surface area contributed by atoms with Gasteiger partial charge in [0.15, 0.2) is 0 Å². The van der Waals surface area contributed by atoms with Crippen LogP contribution < -0.4 is 15.9 Å². The Bertz CT molecular complexity index is 851. The van der Waals surface area contributed by atoms with Crippen LogP contribution in [0.4, 0.5) is 11.5 Å². The third-order valence-electron chi connectivity index (χ3n) is 4.35. The van der Waals surface area contributed by atoms with Gasteiger partial charge in [0.05, 0.1) is 6.54 Å². The van der Waals surface area contributed by atoms with E-state index >= 15 is 0 Å². The quantitative estimate of drug-likeness (QED) is 0.908. The molecule has 1 aliphatic heterocycles. The van der Waals surface area contributed by atoms with E-state index in [0.717, 1.165) is 41.0 Å². The molecule has 2 aromatic rings. The van der Waals surface area contributed by atoms with Crippen molar-refractivity contribution in [3.05, 3.63) is 63.7 Å². The van der Waals surface area contributed by atoms with E-state index in [1.807, 2.05) is 25.1 Å². The third-order valence-corrected chi connectivity index (χ3v) is 4.35. The van der Waals surface area contributed by atoms with Crippen molar-refractivity contribution in [2.24, 2.45) is 0 Å². The molecule has 0 saturated heterocycles. The standard InChI is InChI=1S/C19H22N4O/c1-4-7-14-13(5-2)8-6-9-17(14)23-11-10-15-16(12-23)21-19(24)22-18(15)20-3/h4-9H,2,10-12H2,1,3H3,(H2,20,21,22,24)/b7-4-. The van der Waals surface area contributed by atoms with Crippen molar-refractivity contribution in [3.63, 3.8) is 0 Å². The van der Waals surface area contributed by atoms with Gasteiger partial charge in [-0.25, -0.2) is 4.79 Å². The number of rotatable bonds is 4. The second-order valence-corrected chi connectivity index (χ2v) is 5.75. The zero-order valence-electron chi connectivity index (χ0n) is 14.1. The van der Waals surface area contributed by atoms with Gasteiger partial charge in [0.2, 0.25) is 0 Å². The average Bonchev–Trinajstić information content (AvgIpc) is 2.60. The summed E-state index contributed by atoms with van der Waals surface area (Å²) >= 11 is 0. The number of allylic oxidation sites excluding steroid dienone is 1. The van der Waals surface area contributed by atoms with Gasteiger partial charge >= 0.3 is 5.69 Å². The van der Waals surface area contributed by atoms with E-state index in [-0.39, 0.29) is 5.69 Å². The third kappa shape index (κ3) is 2.85. The van der Waals surface area contributed by atoms with Crippen molar-refractivity contribution in [2.45, 2.75) is 19.9 Å². The van der Waals surface area contributed by atoms with Crippen molar-refractivity contribution in [1.29, 1.82) is 0 Å². The lowest BCUT2D eigenvalue weighted by Crippen LogP contribution is -2.34. The van der Waals surface area contributed by atoms with Crippen molar-refractivity contribution in [3.8, 4) is 0 Å². The fourth-order valence-electron chi connectivity index (χ4n) is 3.25. The Labute approximate surface area is 141 Å². The highest BCUT2D eigenvalue weighted by molar-refractivity contribution is 5.76. The van der Waals surface area contributed by atoms with Crippen LogP contribution >= 0.6 is 0 Å². The number of aromatic nitrogens is 2. The van der Waals surface area contributed by atoms with E-state index < -0.39 is 0 Å². The number of nitrogens with one attached hydrogen (secondary N) is 2. The topological polar surface area (TPSA) is 61.0 Å². The Balaban J connectivity index is 2.04. The molecule has 24 heavy (non-hydrogen) atoms. The minimum atomic E-state index is -0.312. The Morgan fingerprint density at radius 2 is 2.25 bits per heavy atom. The van der Waals surface area contributed by atoms with E-state index in [2.05, 4.69) is 45.0 Å². The van der Waals surface area contributed by atoms with E-state index in [0.29, 0.717) is 12.4 Å². The van der Waals surface area contributed by atoms with Crippen LogP contribution in [0.5, 0.6) is 0 Å². The zero-order chi connectivity index (χ0) is 17.1. The molecule has 124 valence electrons. The second kappa shape index (κ2) is 6.74. The number of H-pyrrole nitrogens is 1. The van der Waals surface area contributed by atoms with Crippen LogP contribution in [-0.2, 0) is 13.0 Å². The van der Waals surface area contributed by atoms with E-state index in [1.54, 1.807) is 7.05 Å². The normalized spacial score (nSPS) is 13.8. The first kappa shape index (κ1) is 16.1. The summed E-state index contributed by atoms with van der Waals surface area (Å²) in [6, 6.07) is 6.23. The van der Waals surface area contributed by atoms with Gasteiger partial charge in [-0.3, -0.25) is 0 Å². The maximum atomic E-state index is 11.8. The Hall–Kier alpha value is -2.82. The molecule has 3 rings (SSSR count). The Morgan fingerprint density at radius 1 is 1.42 bits per heavy atom. The highest BCUT2D eigenvalue weighted by Gasteiger charge is 2.22. The molecule has 2 heterocycles. The molecule has 0 bridgehead atoms. The van der Waals surface area contributed by atoms with Gasteiger partial charge in [0.1, 0.15) is 5.82 Å². The maximum Gasteiger partial charge on any atom is 0.347 e. The predicted molar refractivity (Wildman–Crippen MR) is 100 cm³/mol. The van der Waals surface area contributed by atoms with E-state index in [4.69, 9.17) is 0 Å². The number of hydrogen-bond donors (Lipinski definition) is 2. The maximum absolute atomic E-state index is 11.8. The van der Waals surface area contributed by atoms with Crippen LogP contribution in [0.3, 0.4) is 0 Å². The van der Waals surface area contributed by atoms with Gasteiger partial charge in [-0.2, -0.15) is 4.98 Å². The van der Waals surface area contributed by atoms with Crippen LogP contribution in [-0.4, -0.2) is 23.6 Å². The SMILES string of the molecule is C=Cc1cccc(N2CCc3c(NC)nc(=O)[nH]c3C2)c1/C=C\C. The fraction of sp³-hybridized carbons (Fsp3) is 0.263. The van der Waals surface area contributed by atoms with Crippen LogP contribution in [0.15, 0.2) is 35.6 Å². The predicted octanol–water partition coefficient (Wildman–Crippen LogP) is 3.05. The molecule has 0 atom stereocenters. The Morgan fingerprint density at radius 3 is 2.96 bits per heavy atom. The molecule has 5 nitrogen and oxygen atoms in total. The summed E-state index contributed by atoms with van der Waals surface area (Å²) < 4.78 is 0. The molecule has 2 N–H and O–H groups in total. The molecule has 0 aliphatic carbocycles. The first-order chi connectivity index (χ1) is 11.7. The number of hydrogen-bond acceptors (Lipinski definition) is 4. The molecule has 0 unspecified atom stereocenters. The number of aromatic amines is 1. The molecule has 1 aliphatic rings. The van der Waals surface area contributed by atoms with E-state index in [1.165, 1.54) is 0 Å².